The minimum atomic E-state index is -4.54. The van der Waals surface area contributed by atoms with E-state index in [4.69, 9.17) is 55.9 Å². The van der Waals surface area contributed by atoms with Gasteiger partial charge in [-0.3, -0.25) is 4.79 Å². The van der Waals surface area contributed by atoms with Gasteiger partial charge in [0.15, 0.2) is 5.78 Å². The van der Waals surface area contributed by atoms with E-state index in [1.165, 1.54) is 30.3 Å². The second-order valence-corrected chi connectivity index (χ2v) is 8.73. The van der Waals surface area contributed by atoms with Crippen LogP contribution in [0, 0.1) is 11.3 Å². The minimum absolute atomic E-state index is 0.00315. The van der Waals surface area contributed by atoms with Gasteiger partial charge in [-0.2, -0.15) is 18.4 Å². The minimum Gasteiger partial charge on any atom is -0.491 e. The van der Waals surface area contributed by atoms with Crippen molar-refractivity contribution >= 4 is 52.2 Å². The van der Waals surface area contributed by atoms with E-state index in [0.717, 1.165) is 18.2 Å². The zero-order valence-corrected chi connectivity index (χ0v) is 20.5. The van der Waals surface area contributed by atoms with Crippen molar-refractivity contribution in [3.05, 3.63) is 85.8 Å². The van der Waals surface area contributed by atoms with E-state index in [-0.39, 0.29) is 55.9 Å². The van der Waals surface area contributed by atoms with Crippen LogP contribution in [0.25, 0.3) is 0 Å². The molecule has 1 atom stereocenters. The van der Waals surface area contributed by atoms with Gasteiger partial charge in [0, 0.05) is 28.1 Å². The van der Waals surface area contributed by atoms with E-state index < -0.39 is 23.4 Å². The molecular formula is C24H14Cl4F3NO3. The van der Waals surface area contributed by atoms with E-state index >= 15 is 0 Å². The summed E-state index contributed by atoms with van der Waals surface area (Å²) in [7, 11) is 0. The highest BCUT2D eigenvalue weighted by Gasteiger charge is 2.31. The Hall–Kier alpha value is -2.63. The van der Waals surface area contributed by atoms with Gasteiger partial charge >= 0.3 is 6.18 Å². The zero-order chi connectivity index (χ0) is 25.8. The SMILES string of the molecule is N#CC(C(=O)CCOc1cc(Oc2ccc(C(F)(F)F)cc2Cl)ccc1Cl)c1c(Cl)cccc1Cl. The Bertz CT molecular complexity index is 1270. The molecule has 0 amide bonds. The molecule has 0 bridgehead atoms. The highest BCUT2D eigenvalue weighted by Crippen LogP contribution is 2.38. The molecule has 0 saturated heterocycles. The van der Waals surface area contributed by atoms with Crippen LogP contribution < -0.4 is 9.47 Å². The lowest BCUT2D eigenvalue weighted by molar-refractivity contribution is -0.137. The van der Waals surface area contributed by atoms with Crippen molar-refractivity contribution in [2.24, 2.45) is 0 Å². The predicted molar refractivity (Wildman–Crippen MR) is 128 cm³/mol. The van der Waals surface area contributed by atoms with Crippen molar-refractivity contribution in [2.75, 3.05) is 6.61 Å². The Labute approximate surface area is 218 Å². The first-order valence-electron chi connectivity index (χ1n) is 9.84. The first-order chi connectivity index (χ1) is 16.5. The number of carbonyl (C=O) groups is 1. The summed E-state index contributed by atoms with van der Waals surface area (Å²) in [5.74, 6) is -1.29. The van der Waals surface area contributed by atoms with Gasteiger partial charge in [0.05, 0.1) is 28.3 Å². The third kappa shape index (κ3) is 6.74. The summed E-state index contributed by atoms with van der Waals surface area (Å²) in [6.45, 7) is -0.122. The largest absolute Gasteiger partial charge is 0.491 e. The summed E-state index contributed by atoms with van der Waals surface area (Å²) in [6, 6.07) is 13.6. The molecule has 11 heteroatoms. The van der Waals surface area contributed by atoms with Crippen molar-refractivity contribution < 1.29 is 27.4 Å². The molecule has 0 aliphatic rings. The van der Waals surface area contributed by atoms with Gasteiger partial charge in [-0.1, -0.05) is 52.5 Å². The fraction of sp³-hybridized carbons (Fsp3) is 0.167. The molecule has 3 rings (SSSR count). The number of nitriles is 1. The molecular weight excluding hydrogens is 549 g/mol. The predicted octanol–water partition coefficient (Wildman–Crippen LogP) is 8.76. The van der Waals surface area contributed by atoms with Crippen molar-refractivity contribution in [1.29, 1.82) is 5.26 Å². The lowest BCUT2D eigenvalue weighted by atomic mass is 9.94. The van der Waals surface area contributed by atoms with Gasteiger partial charge in [-0.05, 0) is 42.5 Å². The second kappa shape index (κ2) is 11.4. The lowest BCUT2D eigenvalue weighted by Gasteiger charge is -2.14. The summed E-state index contributed by atoms with van der Waals surface area (Å²) in [4.78, 5) is 12.6. The second-order valence-electron chi connectivity index (χ2n) is 7.10. The van der Waals surface area contributed by atoms with Crippen molar-refractivity contribution in [3.63, 3.8) is 0 Å². The Kier molecular flexibility index (Phi) is 8.79. The quantitative estimate of drug-likeness (QED) is 0.275. The molecule has 0 aliphatic carbocycles. The normalized spacial score (nSPS) is 12.1. The number of carbonyl (C=O) groups excluding carboxylic acids is 1. The summed E-state index contributed by atoms with van der Waals surface area (Å²) >= 11 is 24.3. The van der Waals surface area contributed by atoms with E-state index in [0.29, 0.717) is 0 Å². The molecule has 0 aromatic heterocycles. The molecule has 4 nitrogen and oxygen atoms in total. The summed E-state index contributed by atoms with van der Waals surface area (Å²) in [6.07, 6.45) is -4.69. The Balaban J connectivity index is 1.68. The first kappa shape index (κ1) is 27.0. The van der Waals surface area contributed by atoms with Gasteiger partial charge in [0.1, 0.15) is 23.2 Å². The Morgan fingerprint density at radius 2 is 1.60 bits per heavy atom. The molecule has 0 saturated carbocycles. The monoisotopic (exact) mass is 561 g/mol. The number of alkyl halides is 3. The Morgan fingerprint density at radius 1 is 0.914 bits per heavy atom. The molecule has 0 aliphatic heterocycles. The molecule has 0 fully saturated rings. The van der Waals surface area contributed by atoms with Crippen LogP contribution in [0.4, 0.5) is 13.2 Å². The van der Waals surface area contributed by atoms with Crippen LogP contribution >= 0.6 is 46.4 Å². The number of rotatable bonds is 8. The van der Waals surface area contributed by atoms with Crippen LogP contribution in [-0.4, -0.2) is 12.4 Å². The number of ether oxygens (including phenoxy) is 2. The maximum absolute atomic E-state index is 12.8. The van der Waals surface area contributed by atoms with Crippen LogP contribution in [0.15, 0.2) is 54.6 Å². The van der Waals surface area contributed by atoms with Gasteiger partial charge in [-0.25, -0.2) is 0 Å². The molecule has 182 valence electrons. The summed E-state index contributed by atoms with van der Waals surface area (Å²) in [5.41, 5.74) is -0.682. The molecule has 35 heavy (non-hydrogen) atoms. The number of Topliss-reactive ketones (excluding diaryl/α,β-unsaturated/α-hetero) is 1. The number of halogens is 7. The van der Waals surface area contributed by atoms with Crippen LogP contribution in [-0.2, 0) is 11.0 Å². The smallest absolute Gasteiger partial charge is 0.416 e. The third-order valence-electron chi connectivity index (χ3n) is 4.74. The van der Waals surface area contributed by atoms with Crippen LogP contribution in [0.5, 0.6) is 17.2 Å². The van der Waals surface area contributed by atoms with E-state index in [1.54, 1.807) is 6.07 Å². The van der Waals surface area contributed by atoms with Crippen molar-refractivity contribution in [1.82, 2.24) is 0 Å². The molecule has 0 spiro atoms. The van der Waals surface area contributed by atoms with Crippen LogP contribution in [0.1, 0.15) is 23.5 Å². The maximum Gasteiger partial charge on any atom is 0.416 e. The number of hydrogen-bond donors (Lipinski definition) is 0. The van der Waals surface area contributed by atoms with E-state index in [9.17, 15) is 23.2 Å². The highest BCUT2D eigenvalue weighted by molar-refractivity contribution is 6.36. The molecule has 0 radical (unpaired) electrons. The number of ketones is 1. The average molecular weight is 563 g/mol. The molecule has 3 aromatic rings. The van der Waals surface area contributed by atoms with Crippen molar-refractivity contribution in [3.8, 4) is 23.3 Å². The number of benzene rings is 3. The Morgan fingerprint density at radius 3 is 2.20 bits per heavy atom. The molecule has 0 heterocycles. The van der Waals surface area contributed by atoms with E-state index in [2.05, 4.69) is 0 Å². The topological polar surface area (TPSA) is 59.3 Å². The highest BCUT2D eigenvalue weighted by atomic mass is 35.5. The first-order valence-corrected chi connectivity index (χ1v) is 11.4. The number of nitrogens with zero attached hydrogens (tertiary/aromatic N) is 1. The van der Waals surface area contributed by atoms with Gasteiger partial charge in [-0.15, -0.1) is 0 Å². The van der Waals surface area contributed by atoms with Gasteiger partial charge in [0.25, 0.3) is 0 Å². The third-order valence-corrected chi connectivity index (χ3v) is 6.00. The number of hydrogen-bond acceptors (Lipinski definition) is 4. The lowest BCUT2D eigenvalue weighted by Crippen LogP contribution is -2.15. The van der Waals surface area contributed by atoms with E-state index in [1.807, 2.05) is 6.07 Å². The maximum atomic E-state index is 12.8. The zero-order valence-electron chi connectivity index (χ0n) is 17.5. The molecule has 1 unspecified atom stereocenters. The molecule has 0 N–H and O–H groups in total. The molecule has 3 aromatic carbocycles. The average Bonchev–Trinajstić information content (AvgIpc) is 2.79. The fourth-order valence-corrected chi connectivity index (χ4v) is 4.04. The standard InChI is InChI=1S/C24H14Cl4F3NO3/c25-16-6-5-14(35-21-7-4-13(10-19(21)28)24(29,30)31)11-22(16)34-9-8-20(33)15(12-32)23-17(26)2-1-3-18(23)27/h1-7,10-11,15H,8-9H2. The van der Waals surface area contributed by atoms with Crippen molar-refractivity contribution in [2.45, 2.75) is 18.5 Å². The fourth-order valence-electron chi connectivity index (χ4n) is 3.03. The van der Waals surface area contributed by atoms with Gasteiger partial charge < -0.3 is 9.47 Å². The summed E-state index contributed by atoms with van der Waals surface area (Å²) in [5, 5.41) is 9.85. The van der Waals surface area contributed by atoms with Gasteiger partial charge in [0.2, 0.25) is 0 Å². The van der Waals surface area contributed by atoms with Crippen LogP contribution in [0.3, 0.4) is 0 Å². The van der Waals surface area contributed by atoms with Crippen LogP contribution in [0.2, 0.25) is 20.1 Å². The summed E-state index contributed by atoms with van der Waals surface area (Å²) < 4.78 is 49.6.